The molecule has 6 heteroatoms. The summed E-state index contributed by atoms with van der Waals surface area (Å²) in [5, 5.41) is 9.46. The molecular formula is C19H21N3O2S. The number of methoxy groups -OCH3 is 1. The van der Waals surface area contributed by atoms with Gasteiger partial charge in [-0.05, 0) is 48.9 Å². The second kappa shape index (κ2) is 8.07. The molecule has 0 unspecified atom stereocenters. The third-order valence-corrected chi connectivity index (χ3v) is 4.74. The van der Waals surface area contributed by atoms with E-state index in [1.54, 1.807) is 18.9 Å². The van der Waals surface area contributed by atoms with E-state index in [0.717, 1.165) is 33.8 Å². The molecule has 1 aromatic heterocycles. The maximum Gasteiger partial charge on any atom is 0.191 e. The first kappa shape index (κ1) is 17.4. The summed E-state index contributed by atoms with van der Waals surface area (Å²) in [4.78, 5) is 0. The van der Waals surface area contributed by atoms with Crippen molar-refractivity contribution in [3.8, 4) is 22.9 Å². The lowest BCUT2D eigenvalue weighted by Gasteiger charge is -2.07. The normalized spacial score (nSPS) is 10.7. The van der Waals surface area contributed by atoms with Crippen LogP contribution in [0.3, 0.4) is 0 Å². The summed E-state index contributed by atoms with van der Waals surface area (Å²) in [5.74, 6) is 3.37. The van der Waals surface area contributed by atoms with Crippen molar-refractivity contribution in [2.45, 2.75) is 12.1 Å². The molecule has 2 aromatic carbocycles. The van der Waals surface area contributed by atoms with Crippen LogP contribution >= 0.6 is 11.8 Å². The number of rotatable bonds is 7. The minimum atomic E-state index is 0.624. The molecule has 5 nitrogen and oxygen atoms in total. The summed E-state index contributed by atoms with van der Waals surface area (Å²) in [5.41, 5.74) is 2.21. The van der Waals surface area contributed by atoms with E-state index in [2.05, 4.69) is 23.2 Å². The molecule has 0 saturated carbocycles. The van der Waals surface area contributed by atoms with Crippen LogP contribution in [0.2, 0.25) is 0 Å². The molecule has 25 heavy (non-hydrogen) atoms. The third kappa shape index (κ3) is 4.33. The highest BCUT2D eigenvalue weighted by atomic mass is 32.2. The summed E-state index contributed by atoms with van der Waals surface area (Å²) < 4.78 is 13.0. The highest BCUT2D eigenvalue weighted by Gasteiger charge is 2.11. The molecule has 0 aliphatic rings. The minimum absolute atomic E-state index is 0.624. The van der Waals surface area contributed by atoms with Crippen LogP contribution in [0.15, 0.2) is 53.7 Å². The number of ether oxygens (including phenoxy) is 2. The van der Waals surface area contributed by atoms with Crippen LogP contribution in [-0.2, 0) is 7.05 Å². The van der Waals surface area contributed by atoms with Crippen LogP contribution in [0.1, 0.15) is 5.56 Å². The van der Waals surface area contributed by atoms with Crippen LogP contribution in [-0.4, -0.2) is 34.2 Å². The first-order valence-electron chi connectivity index (χ1n) is 8.03. The molecule has 0 bridgehead atoms. The van der Waals surface area contributed by atoms with Crippen molar-refractivity contribution in [1.29, 1.82) is 0 Å². The quantitative estimate of drug-likeness (QED) is 0.474. The van der Waals surface area contributed by atoms with Gasteiger partial charge in [-0.3, -0.25) is 0 Å². The van der Waals surface area contributed by atoms with E-state index in [-0.39, 0.29) is 0 Å². The Bertz CT molecular complexity index is 831. The lowest BCUT2D eigenvalue weighted by molar-refractivity contribution is 0.343. The van der Waals surface area contributed by atoms with E-state index in [4.69, 9.17) is 9.47 Å². The van der Waals surface area contributed by atoms with Gasteiger partial charge in [0.25, 0.3) is 0 Å². The molecule has 0 fully saturated rings. The number of aryl methyl sites for hydroxylation is 1. The van der Waals surface area contributed by atoms with Gasteiger partial charge in [-0.1, -0.05) is 23.9 Å². The molecule has 0 N–H and O–H groups in total. The maximum absolute atomic E-state index is 5.77. The summed E-state index contributed by atoms with van der Waals surface area (Å²) >= 11 is 1.63. The molecule has 0 spiro atoms. The molecule has 0 amide bonds. The highest BCUT2D eigenvalue weighted by Crippen LogP contribution is 2.24. The van der Waals surface area contributed by atoms with E-state index < -0.39 is 0 Å². The lowest BCUT2D eigenvalue weighted by Crippen LogP contribution is -2.02. The number of thioether (sulfide) groups is 1. The van der Waals surface area contributed by atoms with Crippen LogP contribution in [0, 0.1) is 6.92 Å². The van der Waals surface area contributed by atoms with Crippen molar-refractivity contribution in [3.63, 3.8) is 0 Å². The largest absolute Gasteiger partial charge is 0.497 e. The number of hydrogen-bond donors (Lipinski definition) is 0. The fourth-order valence-corrected chi connectivity index (χ4v) is 3.16. The summed E-state index contributed by atoms with van der Waals surface area (Å²) in [6, 6.07) is 15.9. The molecule has 0 aliphatic heterocycles. The topological polar surface area (TPSA) is 49.2 Å². The molecule has 0 aliphatic carbocycles. The second-order valence-corrected chi connectivity index (χ2v) is 6.67. The average Bonchev–Trinajstić information content (AvgIpc) is 2.99. The monoisotopic (exact) mass is 355 g/mol. The molecular weight excluding hydrogens is 334 g/mol. The van der Waals surface area contributed by atoms with Crippen molar-refractivity contribution in [3.05, 3.63) is 54.1 Å². The second-order valence-electron chi connectivity index (χ2n) is 5.61. The molecule has 3 rings (SSSR count). The van der Waals surface area contributed by atoms with E-state index in [9.17, 15) is 0 Å². The highest BCUT2D eigenvalue weighted by molar-refractivity contribution is 7.99. The first-order valence-corrected chi connectivity index (χ1v) is 9.02. The van der Waals surface area contributed by atoms with Crippen molar-refractivity contribution >= 4 is 11.8 Å². The van der Waals surface area contributed by atoms with Crippen LogP contribution < -0.4 is 9.47 Å². The van der Waals surface area contributed by atoms with Gasteiger partial charge in [0, 0.05) is 18.4 Å². The zero-order valence-electron chi connectivity index (χ0n) is 14.6. The van der Waals surface area contributed by atoms with Crippen molar-refractivity contribution in [2.24, 2.45) is 7.05 Å². The van der Waals surface area contributed by atoms with Gasteiger partial charge in [0.05, 0.1) is 13.7 Å². The van der Waals surface area contributed by atoms with E-state index in [1.807, 2.05) is 54.1 Å². The minimum Gasteiger partial charge on any atom is -0.497 e. The zero-order chi connectivity index (χ0) is 17.6. The van der Waals surface area contributed by atoms with Crippen LogP contribution in [0.25, 0.3) is 11.4 Å². The first-order chi connectivity index (χ1) is 12.2. The fourth-order valence-electron chi connectivity index (χ4n) is 2.43. The lowest BCUT2D eigenvalue weighted by atomic mass is 10.2. The summed E-state index contributed by atoms with van der Waals surface area (Å²) in [6.07, 6.45) is 0. The Hall–Kier alpha value is -2.47. The van der Waals surface area contributed by atoms with E-state index in [1.165, 1.54) is 5.56 Å². The molecule has 0 radical (unpaired) electrons. The van der Waals surface area contributed by atoms with Gasteiger partial charge in [0.15, 0.2) is 11.0 Å². The molecule has 1 heterocycles. The maximum atomic E-state index is 5.77. The number of hydrogen-bond acceptors (Lipinski definition) is 5. The zero-order valence-corrected chi connectivity index (χ0v) is 15.4. The Morgan fingerprint density at radius 3 is 2.56 bits per heavy atom. The Labute approximate surface area is 152 Å². The molecule has 130 valence electrons. The van der Waals surface area contributed by atoms with Crippen LogP contribution in [0.5, 0.6) is 11.5 Å². The van der Waals surface area contributed by atoms with E-state index in [0.29, 0.717) is 6.61 Å². The van der Waals surface area contributed by atoms with Crippen molar-refractivity contribution in [2.75, 3.05) is 19.5 Å². The smallest absolute Gasteiger partial charge is 0.191 e. The number of nitrogens with zero attached hydrogens (tertiary/aromatic N) is 3. The standard InChI is InChI=1S/C19H21N3O2S/c1-14-5-4-6-17(13-14)24-11-12-25-19-21-20-18(22(19)2)15-7-9-16(23-3)10-8-15/h4-10,13H,11-12H2,1-3H3. The van der Waals surface area contributed by atoms with Gasteiger partial charge in [-0.2, -0.15) is 0 Å². The molecule has 0 saturated heterocycles. The average molecular weight is 355 g/mol. The number of benzene rings is 2. The fraction of sp³-hybridized carbons (Fsp3) is 0.263. The van der Waals surface area contributed by atoms with Gasteiger partial charge in [0.1, 0.15) is 11.5 Å². The predicted octanol–water partition coefficient (Wildman–Crippen LogP) is 3.97. The predicted molar refractivity (Wildman–Crippen MR) is 100 cm³/mol. The SMILES string of the molecule is COc1ccc(-c2nnc(SCCOc3cccc(C)c3)n2C)cc1. The Balaban J connectivity index is 1.57. The Kier molecular flexibility index (Phi) is 5.60. The molecule has 0 atom stereocenters. The van der Waals surface area contributed by atoms with Crippen molar-refractivity contribution in [1.82, 2.24) is 14.8 Å². The number of aromatic nitrogens is 3. The van der Waals surface area contributed by atoms with Gasteiger partial charge >= 0.3 is 0 Å². The Morgan fingerprint density at radius 2 is 1.84 bits per heavy atom. The third-order valence-electron chi connectivity index (χ3n) is 3.76. The van der Waals surface area contributed by atoms with Crippen LogP contribution in [0.4, 0.5) is 0 Å². The van der Waals surface area contributed by atoms with Gasteiger partial charge < -0.3 is 14.0 Å². The van der Waals surface area contributed by atoms with Gasteiger partial charge in [-0.25, -0.2) is 0 Å². The van der Waals surface area contributed by atoms with Crippen molar-refractivity contribution < 1.29 is 9.47 Å². The summed E-state index contributed by atoms with van der Waals surface area (Å²) in [6.45, 7) is 2.68. The van der Waals surface area contributed by atoms with Gasteiger partial charge in [0.2, 0.25) is 0 Å². The van der Waals surface area contributed by atoms with E-state index >= 15 is 0 Å². The Morgan fingerprint density at radius 1 is 1.04 bits per heavy atom. The molecule has 3 aromatic rings. The van der Waals surface area contributed by atoms with Gasteiger partial charge in [-0.15, -0.1) is 10.2 Å². The summed E-state index contributed by atoms with van der Waals surface area (Å²) in [7, 11) is 3.63.